The quantitative estimate of drug-likeness (QED) is 0.681. The molecule has 0 radical (unpaired) electrons. The van der Waals surface area contributed by atoms with Crippen molar-refractivity contribution in [2.45, 2.75) is 24.7 Å². The number of anilines is 1. The van der Waals surface area contributed by atoms with E-state index in [1.54, 1.807) is 35.2 Å². The molecule has 1 aliphatic rings. The van der Waals surface area contributed by atoms with Crippen molar-refractivity contribution in [2.75, 3.05) is 31.6 Å². The molecule has 1 heterocycles. The monoisotopic (exact) mass is 430 g/mol. The molecule has 0 N–H and O–H groups in total. The van der Waals surface area contributed by atoms with Gasteiger partial charge < -0.3 is 9.64 Å². The molecule has 7 nitrogen and oxygen atoms in total. The van der Waals surface area contributed by atoms with Crippen molar-refractivity contribution in [3.05, 3.63) is 59.7 Å². The Bertz CT molecular complexity index is 1040. The molecule has 30 heavy (non-hydrogen) atoms. The van der Waals surface area contributed by atoms with E-state index in [-0.39, 0.29) is 22.7 Å². The highest BCUT2D eigenvalue weighted by molar-refractivity contribution is 7.92. The second-order valence-corrected chi connectivity index (χ2v) is 9.40. The summed E-state index contributed by atoms with van der Waals surface area (Å²) in [5.74, 6) is -0.698. The summed E-state index contributed by atoms with van der Waals surface area (Å²) in [6, 6.07) is 13.3. The normalized spacial score (nSPS) is 15.0. The van der Waals surface area contributed by atoms with Crippen molar-refractivity contribution < 1.29 is 22.7 Å². The molecule has 0 saturated carbocycles. The van der Waals surface area contributed by atoms with Crippen molar-refractivity contribution in [1.82, 2.24) is 4.90 Å². The fourth-order valence-corrected chi connectivity index (χ4v) is 4.81. The van der Waals surface area contributed by atoms with E-state index in [0.717, 1.165) is 5.56 Å². The molecule has 160 valence electrons. The van der Waals surface area contributed by atoms with Gasteiger partial charge in [-0.05, 0) is 55.7 Å². The van der Waals surface area contributed by atoms with Crippen LogP contribution in [-0.2, 0) is 19.6 Å². The smallest absolute Gasteiger partial charge is 0.308 e. The van der Waals surface area contributed by atoms with Gasteiger partial charge in [0, 0.05) is 25.7 Å². The molecular formula is C22H26N2O5S. The van der Waals surface area contributed by atoms with E-state index in [4.69, 9.17) is 4.74 Å². The summed E-state index contributed by atoms with van der Waals surface area (Å²) >= 11 is 0. The number of benzene rings is 2. The minimum absolute atomic E-state index is 0.0572. The molecule has 3 rings (SSSR count). The van der Waals surface area contributed by atoms with E-state index in [0.29, 0.717) is 37.2 Å². The van der Waals surface area contributed by atoms with Gasteiger partial charge in [-0.1, -0.05) is 18.2 Å². The van der Waals surface area contributed by atoms with E-state index in [1.165, 1.54) is 30.6 Å². The predicted octanol–water partition coefficient (Wildman–Crippen LogP) is 2.85. The first-order valence-corrected chi connectivity index (χ1v) is 11.2. The SMILES string of the molecule is COC(=O)C1CCN(C(=O)c2cccc(S(=O)(=O)N(C)c3cccc(C)c3)c2)CC1. The van der Waals surface area contributed by atoms with Crippen molar-refractivity contribution in [1.29, 1.82) is 0 Å². The number of rotatable bonds is 5. The summed E-state index contributed by atoms with van der Waals surface area (Å²) in [4.78, 5) is 26.3. The lowest BCUT2D eigenvalue weighted by Crippen LogP contribution is -2.40. The van der Waals surface area contributed by atoms with Crippen molar-refractivity contribution in [2.24, 2.45) is 5.92 Å². The summed E-state index contributed by atoms with van der Waals surface area (Å²) in [6.45, 7) is 2.75. The maximum Gasteiger partial charge on any atom is 0.308 e. The topological polar surface area (TPSA) is 84.0 Å². The number of piperidine rings is 1. The van der Waals surface area contributed by atoms with Gasteiger partial charge in [-0.3, -0.25) is 13.9 Å². The van der Waals surface area contributed by atoms with Crippen LogP contribution in [0.25, 0.3) is 0 Å². The average Bonchev–Trinajstić information content (AvgIpc) is 2.77. The Kier molecular flexibility index (Phi) is 6.45. The third-order valence-electron chi connectivity index (χ3n) is 5.42. The minimum atomic E-state index is -3.82. The van der Waals surface area contributed by atoms with Gasteiger partial charge in [0.1, 0.15) is 0 Å². The van der Waals surface area contributed by atoms with Gasteiger partial charge in [0.05, 0.1) is 23.6 Å². The molecule has 0 spiro atoms. The van der Waals surface area contributed by atoms with E-state index in [1.807, 2.05) is 13.0 Å². The highest BCUT2D eigenvalue weighted by atomic mass is 32.2. The maximum absolute atomic E-state index is 13.1. The Hall–Kier alpha value is -2.87. The highest BCUT2D eigenvalue weighted by Gasteiger charge is 2.29. The lowest BCUT2D eigenvalue weighted by Gasteiger charge is -2.30. The number of likely N-dealkylation sites (tertiary alicyclic amines) is 1. The molecule has 0 bridgehead atoms. The van der Waals surface area contributed by atoms with E-state index in [9.17, 15) is 18.0 Å². The predicted molar refractivity (Wildman–Crippen MR) is 114 cm³/mol. The number of sulfonamides is 1. The molecule has 0 atom stereocenters. The van der Waals surface area contributed by atoms with Crippen LogP contribution in [0.4, 0.5) is 5.69 Å². The average molecular weight is 431 g/mol. The van der Waals surface area contributed by atoms with Crippen LogP contribution in [-0.4, -0.2) is 52.4 Å². The van der Waals surface area contributed by atoms with Crippen LogP contribution in [0.3, 0.4) is 0 Å². The second-order valence-electron chi connectivity index (χ2n) is 7.43. The van der Waals surface area contributed by atoms with Crippen molar-refractivity contribution in [3.8, 4) is 0 Å². The van der Waals surface area contributed by atoms with Crippen LogP contribution >= 0.6 is 0 Å². The molecule has 1 fully saturated rings. The van der Waals surface area contributed by atoms with Gasteiger partial charge in [-0.15, -0.1) is 0 Å². The van der Waals surface area contributed by atoms with E-state index >= 15 is 0 Å². The number of nitrogens with zero attached hydrogens (tertiary/aromatic N) is 2. The summed E-state index contributed by atoms with van der Waals surface area (Å²) in [6.07, 6.45) is 1.07. The van der Waals surface area contributed by atoms with Crippen LogP contribution in [0.5, 0.6) is 0 Å². The van der Waals surface area contributed by atoms with Gasteiger partial charge in [0.2, 0.25) is 0 Å². The lowest BCUT2D eigenvalue weighted by molar-refractivity contribution is -0.146. The summed E-state index contributed by atoms with van der Waals surface area (Å²) < 4.78 is 32.2. The van der Waals surface area contributed by atoms with Crippen molar-refractivity contribution >= 4 is 27.6 Å². The molecule has 0 aliphatic carbocycles. The third kappa shape index (κ3) is 4.48. The summed E-state index contributed by atoms with van der Waals surface area (Å²) in [5.41, 5.74) is 1.82. The number of methoxy groups -OCH3 is 1. The number of ether oxygens (including phenoxy) is 1. The van der Waals surface area contributed by atoms with Crippen LogP contribution in [0.1, 0.15) is 28.8 Å². The zero-order valence-electron chi connectivity index (χ0n) is 17.4. The molecule has 8 heteroatoms. The Balaban J connectivity index is 1.79. The Morgan fingerprint density at radius 2 is 1.73 bits per heavy atom. The highest BCUT2D eigenvalue weighted by Crippen LogP contribution is 2.25. The molecule has 0 unspecified atom stereocenters. The number of carbonyl (C=O) groups is 2. The number of hydrogen-bond donors (Lipinski definition) is 0. The largest absolute Gasteiger partial charge is 0.469 e. The van der Waals surface area contributed by atoms with Crippen LogP contribution in [0.2, 0.25) is 0 Å². The standard InChI is InChI=1S/C22H26N2O5S/c1-16-6-4-8-19(14-16)23(2)30(27,28)20-9-5-7-18(15-20)21(25)24-12-10-17(11-13-24)22(26)29-3/h4-9,14-15,17H,10-13H2,1-3H3. The Morgan fingerprint density at radius 1 is 1.07 bits per heavy atom. The summed E-state index contributed by atoms with van der Waals surface area (Å²) in [7, 11) is -0.961. The first-order valence-electron chi connectivity index (χ1n) is 9.77. The Morgan fingerprint density at radius 3 is 2.37 bits per heavy atom. The summed E-state index contributed by atoms with van der Waals surface area (Å²) in [5, 5.41) is 0. The van der Waals surface area contributed by atoms with Gasteiger partial charge in [-0.25, -0.2) is 8.42 Å². The molecule has 1 saturated heterocycles. The van der Waals surface area contributed by atoms with Gasteiger partial charge in [0.15, 0.2) is 0 Å². The van der Waals surface area contributed by atoms with Crippen LogP contribution in [0, 0.1) is 12.8 Å². The minimum Gasteiger partial charge on any atom is -0.469 e. The van der Waals surface area contributed by atoms with Crippen molar-refractivity contribution in [3.63, 3.8) is 0 Å². The molecule has 1 amide bonds. The van der Waals surface area contributed by atoms with E-state index in [2.05, 4.69) is 0 Å². The van der Waals surface area contributed by atoms with E-state index < -0.39 is 10.0 Å². The van der Waals surface area contributed by atoms with Crippen LogP contribution < -0.4 is 4.31 Å². The molecular weight excluding hydrogens is 404 g/mol. The number of amides is 1. The number of hydrogen-bond acceptors (Lipinski definition) is 5. The molecule has 2 aromatic rings. The molecule has 1 aliphatic heterocycles. The zero-order chi connectivity index (χ0) is 21.9. The first-order chi connectivity index (χ1) is 14.2. The number of esters is 1. The first kappa shape index (κ1) is 21.8. The van der Waals surface area contributed by atoms with Gasteiger partial charge >= 0.3 is 5.97 Å². The fraction of sp³-hybridized carbons (Fsp3) is 0.364. The number of carbonyl (C=O) groups excluding carboxylic acids is 2. The molecule has 2 aromatic carbocycles. The van der Waals surface area contributed by atoms with Crippen LogP contribution in [0.15, 0.2) is 53.4 Å². The maximum atomic E-state index is 13.1. The zero-order valence-corrected chi connectivity index (χ0v) is 18.2. The number of aryl methyl sites for hydroxylation is 1. The van der Waals surface area contributed by atoms with Gasteiger partial charge in [-0.2, -0.15) is 0 Å². The Labute approximate surface area is 177 Å². The fourth-order valence-electron chi connectivity index (χ4n) is 3.58. The third-order valence-corrected chi connectivity index (χ3v) is 7.20. The second kappa shape index (κ2) is 8.87. The van der Waals surface area contributed by atoms with Gasteiger partial charge in [0.25, 0.3) is 15.9 Å². The molecule has 0 aromatic heterocycles. The lowest BCUT2D eigenvalue weighted by atomic mass is 9.96.